The molecule has 1 aromatic heterocycles. The molecular weight excluding hydrogens is 334 g/mol. The Balaban J connectivity index is 1.52. The molecule has 2 aliphatic rings. The van der Waals surface area contributed by atoms with Crippen LogP contribution in [-0.4, -0.2) is 40.9 Å². The standard InChI is InChI=1S/C19H23N3O4/c1-19(2,3)18(23)22-8-4-5-13(10-22)17-21-20-16(26-17)12-6-7-14-15(9-12)25-11-24-14/h6-7,9,13H,4-5,8,10-11H2,1-3H3/t13-/m0/s1. The maximum atomic E-state index is 12.6. The molecule has 1 amide bonds. The number of piperidine rings is 1. The SMILES string of the molecule is CC(C)(C)C(=O)N1CCC[C@H](c2nnc(-c3ccc4c(c3)OCO4)o2)C1. The highest BCUT2D eigenvalue weighted by molar-refractivity contribution is 5.81. The van der Waals surface area contributed by atoms with Crippen molar-refractivity contribution in [3.8, 4) is 23.0 Å². The van der Waals surface area contributed by atoms with E-state index in [1.807, 2.05) is 43.9 Å². The Morgan fingerprint density at radius 1 is 1.19 bits per heavy atom. The molecule has 1 fully saturated rings. The second-order valence-electron chi connectivity index (χ2n) is 7.85. The van der Waals surface area contributed by atoms with Crippen molar-refractivity contribution >= 4 is 5.91 Å². The van der Waals surface area contributed by atoms with Crippen molar-refractivity contribution in [3.05, 3.63) is 24.1 Å². The van der Waals surface area contributed by atoms with Gasteiger partial charge in [0, 0.05) is 24.1 Å². The van der Waals surface area contributed by atoms with Gasteiger partial charge >= 0.3 is 0 Å². The van der Waals surface area contributed by atoms with Crippen molar-refractivity contribution in [1.29, 1.82) is 0 Å². The quantitative estimate of drug-likeness (QED) is 0.821. The minimum atomic E-state index is -0.381. The molecule has 3 heterocycles. The number of hydrogen-bond acceptors (Lipinski definition) is 6. The highest BCUT2D eigenvalue weighted by atomic mass is 16.7. The van der Waals surface area contributed by atoms with E-state index in [1.165, 1.54) is 0 Å². The van der Waals surface area contributed by atoms with Gasteiger partial charge < -0.3 is 18.8 Å². The molecule has 0 N–H and O–H groups in total. The Morgan fingerprint density at radius 2 is 2.00 bits per heavy atom. The van der Waals surface area contributed by atoms with E-state index in [2.05, 4.69) is 10.2 Å². The van der Waals surface area contributed by atoms with Crippen LogP contribution in [0.3, 0.4) is 0 Å². The molecular formula is C19H23N3O4. The van der Waals surface area contributed by atoms with Crippen LogP contribution in [-0.2, 0) is 4.79 Å². The second-order valence-corrected chi connectivity index (χ2v) is 7.85. The molecule has 26 heavy (non-hydrogen) atoms. The van der Waals surface area contributed by atoms with Crippen LogP contribution in [0.15, 0.2) is 22.6 Å². The fraction of sp³-hybridized carbons (Fsp3) is 0.526. The minimum absolute atomic E-state index is 0.0744. The zero-order valence-electron chi connectivity index (χ0n) is 15.3. The normalized spacial score (nSPS) is 19.7. The Bertz CT molecular complexity index is 824. The smallest absolute Gasteiger partial charge is 0.247 e. The maximum Gasteiger partial charge on any atom is 0.247 e. The van der Waals surface area contributed by atoms with Crippen LogP contribution < -0.4 is 9.47 Å². The third-order valence-corrected chi connectivity index (χ3v) is 4.76. The van der Waals surface area contributed by atoms with Gasteiger partial charge in [-0.1, -0.05) is 20.8 Å². The van der Waals surface area contributed by atoms with Crippen molar-refractivity contribution in [2.45, 2.75) is 39.5 Å². The Labute approximate surface area is 152 Å². The molecule has 0 bridgehead atoms. The van der Waals surface area contributed by atoms with Gasteiger partial charge in [-0.05, 0) is 31.0 Å². The fourth-order valence-electron chi connectivity index (χ4n) is 3.38. The molecule has 7 nitrogen and oxygen atoms in total. The minimum Gasteiger partial charge on any atom is -0.454 e. The largest absolute Gasteiger partial charge is 0.454 e. The number of likely N-dealkylation sites (tertiary alicyclic amines) is 1. The first-order valence-corrected chi connectivity index (χ1v) is 8.94. The molecule has 2 aromatic rings. The van der Waals surface area contributed by atoms with Gasteiger partial charge in [-0.25, -0.2) is 0 Å². The number of carbonyl (C=O) groups is 1. The topological polar surface area (TPSA) is 77.7 Å². The molecule has 2 aliphatic heterocycles. The third-order valence-electron chi connectivity index (χ3n) is 4.76. The lowest BCUT2D eigenvalue weighted by Crippen LogP contribution is -2.44. The summed E-state index contributed by atoms with van der Waals surface area (Å²) >= 11 is 0. The Morgan fingerprint density at radius 3 is 2.81 bits per heavy atom. The number of benzene rings is 1. The van der Waals surface area contributed by atoms with E-state index in [0.29, 0.717) is 24.1 Å². The summed E-state index contributed by atoms with van der Waals surface area (Å²) < 4.78 is 16.7. The van der Waals surface area contributed by atoms with Crippen LogP contribution >= 0.6 is 0 Å². The number of fused-ring (bicyclic) bond motifs is 1. The van der Waals surface area contributed by atoms with Crippen molar-refractivity contribution in [1.82, 2.24) is 15.1 Å². The van der Waals surface area contributed by atoms with Gasteiger partial charge in [-0.2, -0.15) is 0 Å². The zero-order chi connectivity index (χ0) is 18.3. The van der Waals surface area contributed by atoms with E-state index >= 15 is 0 Å². The van der Waals surface area contributed by atoms with Crippen LogP contribution in [0.2, 0.25) is 0 Å². The summed E-state index contributed by atoms with van der Waals surface area (Å²) in [5.41, 5.74) is 0.417. The van der Waals surface area contributed by atoms with Gasteiger partial charge in [0.1, 0.15) is 0 Å². The summed E-state index contributed by atoms with van der Waals surface area (Å²) in [6.07, 6.45) is 1.88. The van der Waals surface area contributed by atoms with Gasteiger partial charge in [0.15, 0.2) is 11.5 Å². The molecule has 1 atom stereocenters. The monoisotopic (exact) mass is 357 g/mol. The van der Waals surface area contributed by atoms with Crippen molar-refractivity contribution in [2.75, 3.05) is 19.9 Å². The molecule has 7 heteroatoms. The molecule has 138 valence electrons. The summed E-state index contributed by atoms with van der Waals surface area (Å²) in [5.74, 6) is 2.68. The summed E-state index contributed by atoms with van der Waals surface area (Å²) in [5, 5.41) is 8.43. The van der Waals surface area contributed by atoms with Crippen molar-refractivity contribution in [2.24, 2.45) is 5.41 Å². The predicted octanol–water partition coefficient (Wildman–Crippen LogP) is 3.22. The number of rotatable bonds is 2. The lowest BCUT2D eigenvalue weighted by Gasteiger charge is -2.35. The van der Waals surface area contributed by atoms with Crippen molar-refractivity contribution < 1.29 is 18.7 Å². The van der Waals surface area contributed by atoms with E-state index in [0.717, 1.165) is 30.7 Å². The molecule has 0 spiro atoms. The summed E-state index contributed by atoms with van der Waals surface area (Å²) in [6, 6.07) is 5.56. The first kappa shape index (κ1) is 16.9. The lowest BCUT2D eigenvalue weighted by atomic mass is 9.91. The first-order chi connectivity index (χ1) is 12.4. The van der Waals surface area contributed by atoms with Crippen LogP contribution in [0.1, 0.15) is 45.4 Å². The Hall–Kier alpha value is -2.57. The number of ether oxygens (including phenoxy) is 2. The van der Waals surface area contributed by atoms with Crippen LogP contribution in [0.25, 0.3) is 11.5 Å². The van der Waals surface area contributed by atoms with E-state index < -0.39 is 0 Å². The van der Waals surface area contributed by atoms with Gasteiger partial charge in [0.25, 0.3) is 0 Å². The number of amides is 1. The highest BCUT2D eigenvalue weighted by Gasteiger charge is 2.33. The van der Waals surface area contributed by atoms with E-state index in [1.54, 1.807) is 0 Å². The fourth-order valence-corrected chi connectivity index (χ4v) is 3.38. The van der Waals surface area contributed by atoms with Crippen LogP contribution in [0.5, 0.6) is 11.5 Å². The number of aromatic nitrogens is 2. The van der Waals surface area contributed by atoms with Crippen molar-refractivity contribution in [3.63, 3.8) is 0 Å². The maximum absolute atomic E-state index is 12.6. The average Bonchev–Trinajstić information content (AvgIpc) is 3.29. The van der Waals surface area contributed by atoms with E-state index in [9.17, 15) is 4.79 Å². The number of nitrogens with zero attached hydrogens (tertiary/aromatic N) is 3. The molecule has 1 aromatic carbocycles. The Kier molecular flexibility index (Phi) is 4.09. The summed E-state index contributed by atoms with van der Waals surface area (Å²) in [6.45, 7) is 7.48. The number of hydrogen-bond donors (Lipinski definition) is 0. The van der Waals surface area contributed by atoms with Crippen LogP contribution in [0, 0.1) is 5.41 Å². The summed E-state index contributed by atoms with van der Waals surface area (Å²) in [7, 11) is 0. The first-order valence-electron chi connectivity index (χ1n) is 8.94. The van der Waals surface area contributed by atoms with Crippen LogP contribution in [0.4, 0.5) is 0 Å². The molecule has 0 radical (unpaired) electrons. The molecule has 0 saturated carbocycles. The summed E-state index contributed by atoms with van der Waals surface area (Å²) in [4.78, 5) is 14.5. The average molecular weight is 357 g/mol. The van der Waals surface area contributed by atoms with E-state index in [-0.39, 0.29) is 24.0 Å². The second kappa shape index (κ2) is 6.30. The van der Waals surface area contributed by atoms with E-state index in [4.69, 9.17) is 13.9 Å². The van der Waals surface area contributed by atoms with Gasteiger partial charge in [-0.3, -0.25) is 4.79 Å². The lowest BCUT2D eigenvalue weighted by molar-refractivity contribution is -0.140. The predicted molar refractivity (Wildman–Crippen MR) is 93.9 cm³/mol. The molecule has 4 rings (SSSR count). The number of carbonyl (C=O) groups excluding carboxylic acids is 1. The molecule has 0 aliphatic carbocycles. The zero-order valence-corrected chi connectivity index (χ0v) is 15.3. The molecule has 0 unspecified atom stereocenters. The highest BCUT2D eigenvalue weighted by Crippen LogP contribution is 2.36. The van der Waals surface area contributed by atoms with Gasteiger partial charge in [-0.15, -0.1) is 10.2 Å². The molecule has 1 saturated heterocycles. The van der Waals surface area contributed by atoms with Gasteiger partial charge in [0.05, 0.1) is 5.92 Å². The third kappa shape index (κ3) is 3.13. The van der Waals surface area contributed by atoms with Gasteiger partial charge in [0.2, 0.25) is 24.5 Å².